The third-order valence-electron chi connectivity index (χ3n) is 4.90. The molecule has 0 aliphatic carbocycles. The van der Waals surface area contributed by atoms with E-state index in [9.17, 15) is 9.90 Å². The van der Waals surface area contributed by atoms with Crippen molar-refractivity contribution in [1.29, 1.82) is 0 Å². The molecule has 2 atom stereocenters. The molecule has 1 fully saturated rings. The maximum Gasteiger partial charge on any atom is 0.227 e. The average molecular weight is 379 g/mol. The number of hydrogen-bond acceptors (Lipinski definition) is 5. The van der Waals surface area contributed by atoms with Gasteiger partial charge < -0.3 is 19.3 Å². The summed E-state index contributed by atoms with van der Waals surface area (Å²) < 4.78 is 11.1. The summed E-state index contributed by atoms with van der Waals surface area (Å²) in [5.41, 5.74) is 0.522. The van der Waals surface area contributed by atoms with E-state index in [1.54, 1.807) is 43.0 Å². The van der Waals surface area contributed by atoms with Gasteiger partial charge in [0.1, 0.15) is 23.2 Å². The van der Waals surface area contributed by atoms with E-state index in [1.165, 1.54) is 0 Å². The van der Waals surface area contributed by atoms with Gasteiger partial charge in [-0.1, -0.05) is 22.8 Å². The molecule has 0 radical (unpaired) electrons. The molecule has 0 saturated carbocycles. The predicted molar refractivity (Wildman–Crippen MR) is 97.4 cm³/mol. The highest BCUT2D eigenvalue weighted by atomic mass is 35.5. The summed E-state index contributed by atoms with van der Waals surface area (Å²) in [7, 11) is 0. The molecule has 0 unspecified atom stereocenters. The summed E-state index contributed by atoms with van der Waals surface area (Å²) in [6.45, 7) is 6.14. The Bertz CT molecular complexity index is 783. The molecular weight excluding hydrogens is 356 g/mol. The number of likely N-dealkylation sites (tertiary alicyclic amines) is 1. The molecule has 2 aromatic rings. The molecule has 6 nitrogen and oxygen atoms in total. The van der Waals surface area contributed by atoms with E-state index in [4.69, 9.17) is 20.9 Å². The molecule has 7 heteroatoms. The lowest BCUT2D eigenvalue weighted by Gasteiger charge is -2.42. The first-order valence-corrected chi connectivity index (χ1v) is 8.98. The SMILES string of the molecule is Cc1noc(C)c1CC(=O)N1CC[C@](C)(O)[C@@H](Oc2cccc(Cl)c2)C1. The quantitative estimate of drug-likeness (QED) is 0.885. The van der Waals surface area contributed by atoms with Crippen molar-refractivity contribution in [2.75, 3.05) is 13.1 Å². The molecule has 1 aromatic heterocycles. The van der Waals surface area contributed by atoms with Crippen LogP contribution in [0.3, 0.4) is 0 Å². The summed E-state index contributed by atoms with van der Waals surface area (Å²) in [5.74, 6) is 1.20. The zero-order valence-electron chi connectivity index (χ0n) is 15.2. The van der Waals surface area contributed by atoms with Crippen molar-refractivity contribution >= 4 is 17.5 Å². The molecule has 0 bridgehead atoms. The van der Waals surface area contributed by atoms with Crippen LogP contribution in [-0.2, 0) is 11.2 Å². The molecule has 1 aliphatic rings. The van der Waals surface area contributed by atoms with E-state index < -0.39 is 11.7 Å². The number of carbonyl (C=O) groups is 1. The molecule has 140 valence electrons. The van der Waals surface area contributed by atoms with Crippen molar-refractivity contribution in [3.8, 4) is 5.75 Å². The van der Waals surface area contributed by atoms with Crippen LogP contribution in [0, 0.1) is 13.8 Å². The van der Waals surface area contributed by atoms with Crippen molar-refractivity contribution in [2.24, 2.45) is 0 Å². The first kappa shape index (κ1) is 18.7. The highest BCUT2D eigenvalue weighted by molar-refractivity contribution is 6.30. The lowest BCUT2D eigenvalue weighted by atomic mass is 9.90. The van der Waals surface area contributed by atoms with Crippen LogP contribution in [0.1, 0.15) is 30.4 Å². The van der Waals surface area contributed by atoms with Gasteiger partial charge in [0.2, 0.25) is 5.91 Å². The van der Waals surface area contributed by atoms with Crippen molar-refractivity contribution in [3.05, 3.63) is 46.3 Å². The number of aliphatic hydroxyl groups is 1. The minimum atomic E-state index is -1.03. The summed E-state index contributed by atoms with van der Waals surface area (Å²) in [5, 5.41) is 15.1. The van der Waals surface area contributed by atoms with Crippen LogP contribution in [0.2, 0.25) is 5.02 Å². The van der Waals surface area contributed by atoms with E-state index in [0.29, 0.717) is 36.0 Å². The van der Waals surface area contributed by atoms with Crippen molar-refractivity contribution in [2.45, 2.75) is 45.3 Å². The minimum absolute atomic E-state index is 0.0328. The summed E-state index contributed by atoms with van der Waals surface area (Å²) in [6, 6.07) is 7.03. The van der Waals surface area contributed by atoms with Crippen molar-refractivity contribution < 1.29 is 19.2 Å². The number of halogens is 1. The van der Waals surface area contributed by atoms with Gasteiger partial charge in [-0.3, -0.25) is 4.79 Å². The predicted octanol–water partition coefficient (Wildman–Crippen LogP) is 2.92. The van der Waals surface area contributed by atoms with E-state index >= 15 is 0 Å². The number of benzene rings is 1. The van der Waals surface area contributed by atoms with Gasteiger partial charge >= 0.3 is 0 Å². The monoisotopic (exact) mass is 378 g/mol. The van der Waals surface area contributed by atoms with Crippen LogP contribution in [0.4, 0.5) is 0 Å². The normalized spacial score (nSPS) is 23.1. The highest BCUT2D eigenvalue weighted by Gasteiger charge is 2.41. The molecule has 2 heterocycles. The number of rotatable bonds is 4. The van der Waals surface area contributed by atoms with E-state index in [2.05, 4.69) is 5.16 Å². The lowest BCUT2D eigenvalue weighted by Crippen LogP contribution is -2.57. The van der Waals surface area contributed by atoms with Gasteiger partial charge in [-0.2, -0.15) is 0 Å². The number of aromatic nitrogens is 1. The third-order valence-corrected chi connectivity index (χ3v) is 5.14. The first-order chi connectivity index (χ1) is 12.3. The number of aryl methyl sites for hydroxylation is 2. The molecule has 1 aromatic carbocycles. The second kappa shape index (κ2) is 7.29. The molecule has 1 N–H and O–H groups in total. The number of carbonyl (C=O) groups excluding carboxylic acids is 1. The Kier molecular flexibility index (Phi) is 5.25. The van der Waals surface area contributed by atoms with Gasteiger partial charge in [-0.15, -0.1) is 0 Å². The van der Waals surface area contributed by atoms with Crippen LogP contribution < -0.4 is 4.74 Å². The number of amides is 1. The fourth-order valence-corrected chi connectivity index (χ4v) is 3.30. The number of ether oxygens (including phenoxy) is 1. The summed E-state index contributed by atoms with van der Waals surface area (Å²) in [4.78, 5) is 14.5. The molecule has 3 rings (SSSR count). The first-order valence-electron chi connectivity index (χ1n) is 8.60. The molecule has 1 amide bonds. The molecule has 1 saturated heterocycles. The maximum atomic E-state index is 12.7. The molecule has 0 spiro atoms. The fraction of sp³-hybridized carbons (Fsp3) is 0.474. The number of hydrogen-bond donors (Lipinski definition) is 1. The van der Waals surface area contributed by atoms with Crippen LogP contribution in [0.25, 0.3) is 0 Å². The van der Waals surface area contributed by atoms with Gasteiger partial charge in [0, 0.05) is 17.1 Å². The maximum absolute atomic E-state index is 12.7. The Labute approximate surface area is 157 Å². The second-order valence-electron chi connectivity index (χ2n) is 6.99. The van der Waals surface area contributed by atoms with Gasteiger partial charge in [-0.05, 0) is 45.4 Å². The van der Waals surface area contributed by atoms with Crippen LogP contribution in [0.15, 0.2) is 28.8 Å². The summed E-state index contributed by atoms with van der Waals surface area (Å²) in [6.07, 6.45) is 0.127. The van der Waals surface area contributed by atoms with E-state index in [1.807, 2.05) is 6.92 Å². The minimum Gasteiger partial charge on any atom is -0.486 e. The van der Waals surface area contributed by atoms with Crippen molar-refractivity contribution in [1.82, 2.24) is 10.1 Å². The van der Waals surface area contributed by atoms with Gasteiger partial charge in [0.05, 0.1) is 18.7 Å². The Balaban J connectivity index is 1.71. The zero-order valence-corrected chi connectivity index (χ0v) is 15.9. The second-order valence-corrected chi connectivity index (χ2v) is 7.43. The van der Waals surface area contributed by atoms with E-state index in [0.717, 1.165) is 11.3 Å². The van der Waals surface area contributed by atoms with Crippen LogP contribution in [-0.4, -0.2) is 45.9 Å². The fourth-order valence-electron chi connectivity index (χ4n) is 3.12. The Morgan fingerprint density at radius 1 is 1.50 bits per heavy atom. The Hall–Kier alpha value is -2.05. The largest absolute Gasteiger partial charge is 0.486 e. The standard InChI is InChI=1S/C19H23ClN2O4/c1-12-16(13(2)26-21-12)10-18(23)22-8-7-19(3,24)17(11-22)25-15-6-4-5-14(20)9-15/h4-6,9,17,24H,7-8,10-11H2,1-3H3/t17-,19-/m0/s1. The third kappa shape index (κ3) is 4.02. The smallest absolute Gasteiger partial charge is 0.227 e. The van der Waals surface area contributed by atoms with Gasteiger partial charge in [-0.25, -0.2) is 0 Å². The van der Waals surface area contributed by atoms with Gasteiger partial charge in [0.15, 0.2) is 0 Å². The molecule has 26 heavy (non-hydrogen) atoms. The van der Waals surface area contributed by atoms with Crippen LogP contribution in [0.5, 0.6) is 5.75 Å². The van der Waals surface area contributed by atoms with E-state index in [-0.39, 0.29) is 12.3 Å². The Morgan fingerprint density at radius 3 is 2.92 bits per heavy atom. The summed E-state index contributed by atoms with van der Waals surface area (Å²) >= 11 is 6.00. The topological polar surface area (TPSA) is 75.8 Å². The zero-order chi connectivity index (χ0) is 18.9. The molecule has 1 aliphatic heterocycles. The number of piperidine rings is 1. The Morgan fingerprint density at radius 2 is 2.27 bits per heavy atom. The van der Waals surface area contributed by atoms with Crippen LogP contribution >= 0.6 is 11.6 Å². The average Bonchev–Trinajstić information content (AvgIpc) is 2.88. The van der Waals surface area contributed by atoms with Crippen molar-refractivity contribution in [3.63, 3.8) is 0 Å². The van der Waals surface area contributed by atoms with Gasteiger partial charge in [0.25, 0.3) is 0 Å². The number of nitrogens with zero attached hydrogens (tertiary/aromatic N) is 2. The highest BCUT2D eigenvalue weighted by Crippen LogP contribution is 2.28. The molecular formula is C19H23ClN2O4. The lowest BCUT2D eigenvalue weighted by molar-refractivity contribution is -0.142.